The van der Waals surface area contributed by atoms with Gasteiger partial charge in [-0.1, -0.05) is 68.9 Å². The Morgan fingerprint density at radius 2 is 1.91 bits per heavy atom. The number of ketones is 1. The quantitative estimate of drug-likeness (QED) is 0.203. The number of fused-ring (bicyclic) bond motifs is 1. The molecule has 0 aliphatic rings. The zero-order valence-electron chi connectivity index (χ0n) is 20.0. The number of nitrogens with zero attached hydrogens (tertiary/aromatic N) is 4. The molecule has 35 heavy (non-hydrogen) atoms. The molecule has 0 atom stereocenters. The zero-order valence-corrected chi connectivity index (χ0v) is 20.8. The number of aryl methyl sites for hydroxylation is 1. The van der Waals surface area contributed by atoms with Crippen molar-refractivity contribution < 1.29 is 4.79 Å². The highest BCUT2D eigenvalue weighted by Crippen LogP contribution is 2.32. The van der Waals surface area contributed by atoms with Gasteiger partial charge in [-0.3, -0.25) is 14.3 Å². The minimum absolute atomic E-state index is 0.0594. The molecule has 0 bridgehead atoms. The second-order valence-electron chi connectivity index (χ2n) is 8.70. The maximum atomic E-state index is 13.3. The number of H-pyrrole nitrogens is 1. The van der Waals surface area contributed by atoms with E-state index < -0.39 is 0 Å². The minimum atomic E-state index is 0.0594. The van der Waals surface area contributed by atoms with Gasteiger partial charge in [0.05, 0.1) is 11.4 Å². The lowest BCUT2D eigenvalue weighted by atomic mass is 10.0. The molecule has 2 aromatic carbocycles. The van der Waals surface area contributed by atoms with Gasteiger partial charge < -0.3 is 4.98 Å². The molecule has 6 nitrogen and oxygen atoms in total. The van der Waals surface area contributed by atoms with E-state index in [1.54, 1.807) is 12.4 Å². The zero-order chi connectivity index (χ0) is 24.4. The summed E-state index contributed by atoms with van der Waals surface area (Å²) in [6.45, 7) is 6.46. The van der Waals surface area contributed by atoms with Gasteiger partial charge in [0.15, 0.2) is 16.8 Å². The van der Waals surface area contributed by atoms with E-state index in [1.807, 2.05) is 42.6 Å². The fourth-order valence-electron chi connectivity index (χ4n) is 4.39. The predicted molar refractivity (Wildman–Crippen MR) is 141 cm³/mol. The van der Waals surface area contributed by atoms with Crippen LogP contribution in [0, 0.1) is 0 Å². The van der Waals surface area contributed by atoms with Crippen LogP contribution in [-0.4, -0.2) is 36.3 Å². The van der Waals surface area contributed by atoms with Gasteiger partial charge in [0.25, 0.3) is 0 Å². The maximum absolute atomic E-state index is 13.3. The smallest absolute Gasteiger partial charge is 0.196 e. The van der Waals surface area contributed by atoms with Gasteiger partial charge in [0, 0.05) is 40.6 Å². The Morgan fingerprint density at radius 3 is 2.69 bits per heavy atom. The first kappa shape index (κ1) is 23.1. The van der Waals surface area contributed by atoms with E-state index in [9.17, 15) is 4.79 Å². The summed E-state index contributed by atoms with van der Waals surface area (Å²) in [4.78, 5) is 20.9. The van der Waals surface area contributed by atoms with E-state index in [0.717, 1.165) is 28.6 Å². The number of aromatic nitrogens is 5. The number of carbonyl (C=O) groups excluding carboxylic acids is 1. The van der Waals surface area contributed by atoms with E-state index in [2.05, 4.69) is 63.7 Å². The summed E-state index contributed by atoms with van der Waals surface area (Å²) in [6, 6.07) is 18.2. The molecule has 0 radical (unpaired) electrons. The molecule has 5 rings (SSSR count). The average Bonchev–Trinajstić information content (AvgIpc) is 3.52. The van der Waals surface area contributed by atoms with Crippen LogP contribution >= 0.6 is 11.8 Å². The van der Waals surface area contributed by atoms with Crippen LogP contribution in [0.1, 0.15) is 48.2 Å². The normalized spacial score (nSPS) is 11.4. The van der Waals surface area contributed by atoms with Crippen molar-refractivity contribution in [1.82, 2.24) is 24.7 Å². The molecular formula is C28H27N5OS. The lowest BCUT2D eigenvalue weighted by molar-refractivity contribution is 0.102. The highest BCUT2D eigenvalue weighted by atomic mass is 32.2. The standard InChI is InChI=1S/C28H27N5OS/c1-4-19-9-7-12-22-23(16-30-26(19)22)25(34)17-35-28-32-31-27(20-10-8-14-29-15-20)33(28)24-13-6-5-11-21(24)18(2)3/h5-16,18,30H,4,17H2,1-3H3. The number of hydrogen-bond acceptors (Lipinski definition) is 5. The summed E-state index contributed by atoms with van der Waals surface area (Å²) in [5.74, 6) is 1.34. The lowest BCUT2D eigenvalue weighted by Crippen LogP contribution is -2.07. The number of thioether (sulfide) groups is 1. The Balaban J connectivity index is 1.52. The van der Waals surface area contributed by atoms with Crippen LogP contribution in [0.2, 0.25) is 0 Å². The van der Waals surface area contributed by atoms with E-state index in [1.165, 1.54) is 22.9 Å². The third-order valence-corrected chi connectivity index (χ3v) is 7.10. The second-order valence-corrected chi connectivity index (χ2v) is 9.65. The summed E-state index contributed by atoms with van der Waals surface area (Å²) in [5, 5.41) is 10.7. The summed E-state index contributed by atoms with van der Waals surface area (Å²) in [6.07, 6.45) is 6.27. The van der Waals surface area contributed by atoms with Gasteiger partial charge in [-0.25, -0.2) is 0 Å². The van der Waals surface area contributed by atoms with Crippen LogP contribution in [0.4, 0.5) is 0 Å². The number of carbonyl (C=O) groups is 1. The summed E-state index contributed by atoms with van der Waals surface area (Å²) < 4.78 is 2.05. The van der Waals surface area contributed by atoms with Crippen molar-refractivity contribution in [3.63, 3.8) is 0 Å². The van der Waals surface area contributed by atoms with Gasteiger partial charge in [0.1, 0.15) is 0 Å². The van der Waals surface area contributed by atoms with Crippen LogP contribution in [0.3, 0.4) is 0 Å². The first-order valence-corrected chi connectivity index (χ1v) is 12.8. The predicted octanol–water partition coefficient (Wildman–Crippen LogP) is 6.47. The van der Waals surface area contributed by atoms with Crippen molar-refractivity contribution >= 4 is 28.4 Å². The average molecular weight is 482 g/mol. The van der Waals surface area contributed by atoms with Crippen molar-refractivity contribution in [3.8, 4) is 17.1 Å². The number of pyridine rings is 1. The third kappa shape index (κ3) is 4.39. The van der Waals surface area contributed by atoms with Crippen molar-refractivity contribution in [3.05, 3.63) is 89.9 Å². The number of nitrogens with one attached hydrogen (secondary N) is 1. The number of para-hydroxylation sites is 2. The highest BCUT2D eigenvalue weighted by Gasteiger charge is 2.21. The fraction of sp³-hybridized carbons (Fsp3) is 0.214. The van der Waals surface area contributed by atoms with Crippen molar-refractivity contribution in [2.45, 2.75) is 38.3 Å². The number of Topliss-reactive ketones (excluding diaryl/α,β-unsaturated/α-hetero) is 1. The minimum Gasteiger partial charge on any atom is -0.360 e. The molecule has 0 aliphatic heterocycles. The van der Waals surface area contributed by atoms with Crippen LogP contribution in [0.25, 0.3) is 28.0 Å². The Bertz CT molecular complexity index is 1490. The first-order valence-electron chi connectivity index (χ1n) is 11.8. The Labute approximate surface area is 208 Å². The summed E-state index contributed by atoms with van der Waals surface area (Å²) >= 11 is 1.41. The molecule has 0 spiro atoms. The van der Waals surface area contributed by atoms with Crippen LogP contribution < -0.4 is 0 Å². The van der Waals surface area contributed by atoms with Crippen molar-refractivity contribution in [2.24, 2.45) is 0 Å². The SMILES string of the molecule is CCc1cccc2c(C(=O)CSc3nnc(-c4cccnc4)n3-c3ccccc3C(C)C)c[nH]c12. The van der Waals surface area contributed by atoms with Gasteiger partial charge in [0.2, 0.25) is 0 Å². The number of hydrogen-bond donors (Lipinski definition) is 1. The Morgan fingerprint density at radius 1 is 1.06 bits per heavy atom. The van der Waals surface area contributed by atoms with Gasteiger partial charge >= 0.3 is 0 Å². The van der Waals surface area contributed by atoms with Gasteiger partial charge in [-0.05, 0) is 41.7 Å². The van der Waals surface area contributed by atoms with Crippen molar-refractivity contribution in [1.29, 1.82) is 0 Å². The van der Waals surface area contributed by atoms with Crippen LogP contribution in [-0.2, 0) is 6.42 Å². The molecule has 0 unspecified atom stereocenters. The molecule has 7 heteroatoms. The molecule has 3 heterocycles. The van der Waals surface area contributed by atoms with Gasteiger partial charge in [-0.2, -0.15) is 0 Å². The Hall–Kier alpha value is -3.71. The number of rotatable bonds is 8. The Kier molecular flexibility index (Phi) is 6.51. The molecule has 0 fully saturated rings. The monoisotopic (exact) mass is 481 g/mol. The molecule has 176 valence electrons. The maximum Gasteiger partial charge on any atom is 0.196 e. The number of benzene rings is 2. The fourth-order valence-corrected chi connectivity index (χ4v) is 5.22. The summed E-state index contributed by atoms with van der Waals surface area (Å²) in [5.41, 5.74) is 6.04. The molecule has 1 N–H and O–H groups in total. The third-order valence-electron chi connectivity index (χ3n) is 6.17. The highest BCUT2D eigenvalue weighted by molar-refractivity contribution is 7.99. The molecule has 0 saturated carbocycles. The summed E-state index contributed by atoms with van der Waals surface area (Å²) in [7, 11) is 0. The lowest BCUT2D eigenvalue weighted by Gasteiger charge is -2.16. The van der Waals surface area contributed by atoms with Crippen LogP contribution in [0.5, 0.6) is 0 Å². The van der Waals surface area contributed by atoms with Crippen LogP contribution in [0.15, 0.2) is 78.3 Å². The van der Waals surface area contributed by atoms with E-state index in [-0.39, 0.29) is 11.5 Å². The van der Waals surface area contributed by atoms with Gasteiger partial charge in [-0.15, -0.1) is 10.2 Å². The molecule has 0 saturated heterocycles. The second kappa shape index (κ2) is 9.88. The van der Waals surface area contributed by atoms with E-state index in [4.69, 9.17) is 0 Å². The topological polar surface area (TPSA) is 76.5 Å². The van der Waals surface area contributed by atoms with Crippen molar-refractivity contribution in [2.75, 3.05) is 5.75 Å². The molecule has 3 aromatic heterocycles. The molecular weight excluding hydrogens is 454 g/mol. The van der Waals surface area contributed by atoms with E-state index in [0.29, 0.717) is 22.5 Å². The molecule has 0 aliphatic carbocycles. The first-order chi connectivity index (χ1) is 17.1. The van der Waals surface area contributed by atoms with E-state index >= 15 is 0 Å². The largest absolute Gasteiger partial charge is 0.360 e. The number of aromatic amines is 1. The molecule has 0 amide bonds. The molecule has 5 aromatic rings.